The van der Waals surface area contributed by atoms with E-state index in [2.05, 4.69) is 30.4 Å². The standard InChI is InChI=1S/C6H15N.C4H6O3/c1-4-7(5-2)6-3;5-4(6)1-3-2-7-3/h4-6H2,1-3H3;3H,1-2H2,(H,5,6)/t;3-/m.0/s1. The first-order chi connectivity index (χ1) is 6.63. The summed E-state index contributed by atoms with van der Waals surface area (Å²) in [6.45, 7) is 10.8. The smallest absolute Gasteiger partial charge is 0.306 e. The van der Waals surface area contributed by atoms with E-state index in [0.29, 0.717) is 6.61 Å². The maximum absolute atomic E-state index is 9.77. The Morgan fingerprint density at radius 2 is 1.79 bits per heavy atom. The van der Waals surface area contributed by atoms with Crippen molar-refractivity contribution in [3.05, 3.63) is 0 Å². The van der Waals surface area contributed by atoms with Crippen molar-refractivity contribution in [3.63, 3.8) is 0 Å². The van der Waals surface area contributed by atoms with Crippen molar-refractivity contribution in [3.8, 4) is 0 Å². The molecule has 1 fully saturated rings. The molecule has 1 aliphatic heterocycles. The Bertz CT molecular complexity index is 148. The molecule has 14 heavy (non-hydrogen) atoms. The quantitative estimate of drug-likeness (QED) is 0.682. The highest BCUT2D eigenvalue weighted by atomic mass is 16.6. The van der Waals surface area contributed by atoms with E-state index in [-0.39, 0.29) is 12.5 Å². The Hall–Kier alpha value is -0.610. The van der Waals surface area contributed by atoms with Crippen LogP contribution in [0.15, 0.2) is 0 Å². The van der Waals surface area contributed by atoms with Crippen molar-refractivity contribution in [2.45, 2.75) is 33.3 Å². The molecular formula is C10H21NO3. The zero-order valence-corrected chi connectivity index (χ0v) is 9.32. The number of hydrogen-bond acceptors (Lipinski definition) is 3. The van der Waals surface area contributed by atoms with Crippen molar-refractivity contribution >= 4 is 5.97 Å². The maximum atomic E-state index is 9.77. The first-order valence-electron chi connectivity index (χ1n) is 5.19. The molecule has 0 aromatic heterocycles. The van der Waals surface area contributed by atoms with Crippen LogP contribution >= 0.6 is 0 Å². The fraction of sp³-hybridized carbons (Fsp3) is 0.900. The summed E-state index contributed by atoms with van der Waals surface area (Å²) >= 11 is 0. The summed E-state index contributed by atoms with van der Waals surface area (Å²) in [5, 5.41) is 8.04. The van der Waals surface area contributed by atoms with E-state index >= 15 is 0 Å². The van der Waals surface area contributed by atoms with Gasteiger partial charge in [-0.15, -0.1) is 0 Å². The van der Waals surface area contributed by atoms with Gasteiger partial charge in [0.2, 0.25) is 0 Å². The van der Waals surface area contributed by atoms with Gasteiger partial charge in [0.1, 0.15) is 0 Å². The van der Waals surface area contributed by atoms with E-state index in [1.807, 2.05) is 0 Å². The largest absolute Gasteiger partial charge is 0.481 e. The van der Waals surface area contributed by atoms with Crippen LogP contribution < -0.4 is 0 Å². The van der Waals surface area contributed by atoms with Gasteiger partial charge in [0.05, 0.1) is 19.1 Å². The van der Waals surface area contributed by atoms with Crippen LogP contribution in [-0.4, -0.2) is 48.3 Å². The second kappa shape index (κ2) is 7.76. The van der Waals surface area contributed by atoms with Gasteiger partial charge in [-0.2, -0.15) is 0 Å². The van der Waals surface area contributed by atoms with Crippen LogP contribution in [0, 0.1) is 0 Å². The lowest BCUT2D eigenvalue weighted by Crippen LogP contribution is -2.21. The highest BCUT2D eigenvalue weighted by molar-refractivity contribution is 5.67. The molecule has 0 bridgehead atoms. The molecule has 1 N–H and O–H groups in total. The molecule has 84 valence electrons. The van der Waals surface area contributed by atoms with Crippen molar-refractivity contribution in [1.29, 1.82) is 0 Å². The lowest BCUT2D eigenvalue weighted by Gasteiger charge is -2.13. The monoisotopic (exact) mass is 203 g/mol. The predicted molar refractivity (Wildman–Crippen MR) is 55.5 cm³/mol. The molecular weight excluding hydrogens is 182 g/mol. The molecule has 1 aliphatic rings. The minimum absolute atomic E-state index is 0.0255. The summed E-state index contributed by atoms with van der Waals surface area (Å²) in [6.07, 6.45) is 0.192. The highest BCUT2D eigenvalue weighted by Crippen LogP contribution is 2.12. The first-order valence-corrected chi connectivity index (χ1v) is 5.19. The van der Waals surface area contributed by atoms with Crippen molar-refractivity contribution in [1.82, 2.24) is 4.90 Å². The van der Waals surface area contributed by atoms with E-state index in [4.69, 9.17) is 5.11 Å². The van der Waals surface area contributed by atoms with Crippen LogP contribution in [0.1, 0.15) is 27.2 Å². The number of nitrogens with zero attached hydrogens (tertiary/aromatic N) is 1. The zero-order chi connectivity index (χ0) is 11.0. The molecule has 1 heterocycles. The molecule has 0 spiro atoms. The molecule has 0 amide bonds. The maximum Gasteiger partial charge on any atom is 0.306 e. The molecule has 0 aromatic carbocycles. The third-order valence-electron chi connectivity index (χ3n) is 2.15. The second-order valence-corrected chi connectivity index (χ2v) is 3.17. The van der Waals surface area contributed by atoms with Crippen LogP contribution in [0.5, 0.6) is 0 Å². The van der Waals surface area contributed by atoms with Crippen LogP contribution in [-0.2, 0) is 9.53 Å². The normalized spacial score (nSPS) is 18.7. The number of hydrogen-bond donors (Lipinski definition) is 1. The summed E-state index contributed by atoms with van der Waals surface area (Å²) in [4.78, 5) is 12.1. The van der Waals surface area contributed by atoms with E-state index in [9.17, 15) is 4.79 Å². The Morgan fingerprint density at radius 3 is 1.86 bits per heavy atom. The van der Waals surface area contributed by atoms with Crippen molar-refractivity contribution in [2.24, 2.45) is 0 Å². The van der Waals surface area contributed by atoms with Gasteiger partial charge in [0.15, 0.2) is 0 Å². The Morgan fingerprint density at radius 1 is 1.36 bits per heavy atom. The molecule has 0 radical (unpaired) electrons. The summed E-state index contributed by atoms with van der Waals surface area (Å²) in [5.74, 6) is -0.775. The summed E-state index contributed by atoms with van der Waals surface area (Å²) in [7, 11) is 0. The fourth-order valence-corrected chi connectivity index (χ4v) is 1.05. The van der Waals surface area contributed by atoms with E-state index in [1.54, 1.807) is 0 Å². The van der Waals surface area contributed by atoms with Gasteiger partial charge in [-0.3, -0.25) is 4.79 Å². The number of rotatable bonds is 5. The Kier molecular flexibility index (Phi) is 7.42. The number of carboxylic acid groups (broad SMARTS) is 1. The third-order valence-corrected chi connectivity index (χ3v) is 2.15. The van der Waals surface area contributed by atoms with Gasteiger partial charge in [0.25, 0.3) is 0 Å². The van der Waals surface area contributed by atoms with E-state index in [0.717, 1.165) is 0 Å². The molecule has 1 saturated heterocycles. The summed E-state index contributed by atoms with van der Waals surface area (Å²) < 4.78 is 4.64. The van der Waals surface area contributed by atoms with Crippen molar-refractivity contribution < 1.29 is 14.6 Å². The van der Waals surface area contributed by atoms with Crippen molar-refractivity contribution in [2.75, 3.05) is 26.2 Å². The number of ether oxygens (including phenoxy) is 1. The fourth-order valence-electron chi connectivity index (χ4n) is 1.05. The molecule has 0 aliphatic carbocycles. The van der Waals surface area contributed by atoms with Crippen LogP contribution in [0.3, 0.4) is 0 Å². The van der Waals surface area contributed by atoms with Crippen LogP contribution in [0.2, 0.25) is 0 Å². The second-order valence-electron chi connectivity index (χ2n) is 3.17. The summed E-state index contributed by atoms with van der Waals surface area (Å²) in [6, 6.07) is 0. The summed E-state index contributed by atoms with van der Waals surface area (Å²) in [5.41, 5.74) is 0. The minimum Gasteiger partial charge on any atom is -0.481 e. The Labute approximate surface area is 85.9 Å². The van der Waals surface area contributed by atoms with Crippen LogP contribution in [0.25, 0.3) is 0 Å². The van der Waals surface area contributed by atoms with Crippen LogP contribution in [0.4, 0.5) is 0 Å². The SMILES string of the molecule is CCN(CC)CC.O=C(O)C[C@H]1CO1. The van der Waals surface area contributed by atoms with E-state index in [1.165, 1.54) is 19.6 Å². The molecule has 0 aromatic rings. The molecule has 0 unspecified atom stereocenters. The van der Waals surface area contributed by atoms with Gasteiger partial charge >= 0.3 is 5.97 Å². The number of carbonyl (C=O) groups is 1. The highest BCUT2D eigenvalue weighted by Gasteiger charge is 2.24. The molecule has 4 heteroatoms. The first kappa shape index (κ1) is 13.4. The van der Waals surface area contributed by atoms with Gasteiger partial charge in [-0.25, -0.2) is 0 Å². The topological polar surface area (TPSA) is 53.1 Å². The number of epoxide rings is 1. The minimum atomic E-state index is -0.775. The van der Waals surface area contributed by atoms with Gasteiger partial charge < -0.3 is 14.7 Å². The third kappa shape index (κ3) is 8.01. The molecule has 1 rings (SSSR count). The molecule has 1 atom stereocenters. The molecule has 4 nitrogen and oxygen atoms in total. The Balaban J connectivity index is 0.000000241. The van der Waals surface area contributed by atoms with E-state index < -0.39 is 5.97 Å². The lowest BCUT2D eigenvalue weighted by atomic mass is 10.3. The van der Waals surface area contributed by atoms with Gasteiger partial charge in [-0.05, 0) is 19.6 Å². The van der Waals surface area contributed by atoms with Gasteiger partial charge in [0, 0.05) is 0 Å². The zero-order valence-electron chi connectivity index (χ0n) is 9.32. The van der Waals surface area contributed by atoms with Gasteiger partial charge in [-0.1, -0.05) is 20.8 Å². The molecule has 0 saturated carbocycles. The lowest BCUT2D eigenvalue weighted by molar-refractivity contribution is -0.137. The average molecular weight is 203 g/mol. The predicted octanol–water partition coefficient (Wildman–Crippen LogP) is 1.21. The average Bonchev–Trinajstić information content (AvgIpc) is 2.91. The number of carboxylic acids is 1. The number of aliphatic carboxylic acids is 1.